The Morgan fingerprint density at radius 2 is 1.88 bits per heavy atom. The van der Waals surface area contributed by atoms with Crippen LogP contribution >= 0.6 is 0 Å². The van der Waals surface area contributed by atoms with E-state index in [9.17, 15) is 9.90 Å². The minimum atomic E-state index is -0.0162. The molecule has 0 spiro atoms. The fourth-order valence-corrected chi connectivity index (χ4v) is 2.78. The molecule has 2 aliphatic carbocycles. The average Bonchev–Trinajstić information content (AvgIpc) is 2.25. The van der Waals surface area contributed by atoms with Gasteiger partial charge in [0.15, 0.2) is 0 Å². The molecule has 0 heterocycles. The maximum atomic E-state index is 11.7. The third kappa shape index (κ3) is 2.57. The number of hydrogen-bond acceptors (Lipinski definition) is 2. The van der Waals surface area contributed by atoms with Crippen LogP contribution in [-0.4, -0.2) is 24.2 Å². The second-order valence-electron chi connectivity index (χ2n) is 5.56. The lowest BCUT2D eigenvalue weighted by Gasteiger charge is -2.36. The fraction of sp³-hybridized carbons (Fsp3) is 0.923. The van der Waals surface area contributed by atoms with Crippen LogP contribution in [0.15, 0.2) is 0 Å². The molecule has 2 fully saturated rings. The third-order valence-electron chi connectivity index (χ3n) is 4.36. The van der Waals surface area contributed by atoms with Crippen LogP contribution in [0.1, 0.15) is 51.4 Å². The molecule has 0 unspecified atom stereocenters. The molecule has 2 rings (SSSR count). The summed E-state index contributed by atoms with van der Waals surface area (Å²) in [4.78, 5) is 11.7. The molecule has 3 nitrogen and oxygen atoms in total. The summed E-state index contributed by atoms with van der Waals surface area (Å²) >= 11 is 0. The molecule has 16 heavy (non-hydrogen) atoms. The zero-order valence-corrected chi connectivity index (χ0v) is 10.0. The molecule has 3 heteroatoms. The van der Waals surface area contributed by atoms with Crippen molar-refractivity contribution in [3.05, 3.63) is 0 Å². The van der Waals surface area contributed by atoms with E-state index < -0.39 is 0 Å². The largest absolute Gasteiger partial charge is 0.396 e. The van der Waals surface area contributed by atoms with Gasteiger partial charge in [-0.2, -0.15) is 0 Å². The van der Waals surface area contributed by atoms with Gasteiger partial charge < -0.3 is 10.4 Å². The quantitative estimate of drug-likeness (QED) is 0.767. The highest BCUT2D eigenvalue weighted by Gasteiger charge is 2.33. The van der Waals surface area contributed by atoms with E-state index in [0.29, 0.717) is 6.54 Å². The number of carbonyl (C=O) groups is 1. The molecule has 1 amide bonds. The van der Waals surface area contributed by atoms with E-state index in [2.05, 4.69) is 5.32 Å². The Bertz CT molecular complexity index is 242. The molecule has 0 bridgehead atoms. The van der Waals surface area contributed by atoms with Crippen molar-refractivity contribution in [1.82, 2.24) is 5.32 Å². The van der Waals surface area contributed by atoms with Crippen molar-refractivity contribution >= 4 is 5.91 Å². The van der Waals surface area contributed by atoms with E-state index in [1.165, 1.54) is 25.7 Å². The summed E-state index contributed by atoms with van der Waals surface area (Å²) in [5.74, 6) is 0.476. The molecule has 2 saturated carbocycles. The summed E-state index contributed by atoms with van der Waals surface area (Å²) in [5.41, 5.74) is -0.0162. The van der Waals surface area contributed by atoms with Gasteiger partial charge in [-0.1, -0.05) is 25.7 Å². The number of carbonyl (C=O) groups excluding carboxylic acids is 1. The maximum Gasteiger partial charge on any atom is 0.223 e. The van der Waals surface area contributed by atoms with Crippen LogP contribution in [0.2, 0.25) is 0 Å². The third-order valence-corrected chi connectivity index (χ3v) is 4.36. The number of aliphatic hydroxyl groups is 1. The minimum Gasteiger partial charge on any atom is -0.396 e. The molecule has 2 N–H and O–H groups in total. The first-order valence-electron chi connectivity index (χ1n) is 6.64. The van der Waals surface area contributed by atoms with Gasteiger partial charge in [-0.25, -0.2) is 0 Å². The van der Waals surface area contributed by atoms with Crippen LogP contribution in [-0.2, 0) is 4.79 Å². The van der Waals surface area contributed by atoms with Crippen LogP contribution in [0.3, 0.4) is 0 Å². The van der Waals surface area contributed by atoms with Gasteiger partial charge in [-0.15, -0.1) is 0 Å². The van der Waals surface area contributed by atoms with Gasteiger partial charge in [0, 0.05) is 17.9 Å². The predicted molar refractivity (Wildman–Crippen MR) is 63.0 cm³/mol. The van der Waals surface area contributed by atoms with Gasteiger partial charge in [0.2, 0.25) is 5.91 Å². The van der Waals surface area contributed by atoms with E-state index in [0.717, 1.165) is 25.7 Å². The highest BCUT2D eigenvalue weighted by atomic mass is 16.3. The molecular weight excluding hydrogens is 202 g/mol. The molecule has 0 saturated heterocycles. The van der Waals surface area contributed by atoms with Crippen LogP contribution in [0.25, 0.3) is 0 Å². The topological polar surface area (TPSA) is 49.3 Å². The lowest BCUT2D eigenvalue weighted by Crippen LogP contribution is -2.44. The zero-order valence-electron chi connectivity index (χ0n) is 10.0. The van der Waals surface area contributed by atoms with Gasteiger partial charge in [0.05, 0.1) is 6.61 Å². The molecule has 0 aromatic rings. The molecule has 0 aliphatic heterocycles. The van der Waals surface area contributed by atoms with Crippen molar-refractivity contribution < 1.29 is 9.90 Å². The maximum absolute atomic E-state index is 11.7. The Morgan fingerprint density at radius 3 is 2.38 bits per heavy atom. The molecule has 0 atom stereocenters. The smallest absolute Gasteiger partial charge is 0.223 e. The Kier molecular flexibility index (Phi) is 3.85. The number of nitrogens with one attached hydrogen (secondary N) is 1. The van der Waals surface area contributed by atoms with Gasteiger partial charge in [-0.3, -0.25) is 4.79 Å². The van der Waals surface area contributed by atoms with Crippen LogP contribution in [0, 0.1) is 11.3 Å². The minimum absolute atomic E-state index is 0.0162. The van der Waals surface area contributed by atoms with E-state index >= 15 is 0 Å². The summed E-state index contributed by atoms with van der Waals surface area (Å²) in [6, 6.07) is 0. The van der Waals surface area contributed by atoms with Gasteiger partial charge in [0.25, 0.3) is 0 Å². The lowest BCUT2D eigenvalue weighted by molar-refractivity contribution is -0.128. The second-order valence-corrected chi connectivity index (χ2v) is 5.56. The monoisotopic (exact) mass is 225 g/mol. The number of rotatable bonds is 4. The zero-order chi connectivity index (χ0) is 11.4. The highest BCUT2D eigenvalue weighted by molar-refractivity contribution is 5.79. The summed E-state index contributed by atoms with van der Waals surface area (Å²) in [6.45, 7) is 0.900. The Labute approximate surface area is 97.6 Å². The van der Waals surface area contributed by atoms with E-state index in [4.69, 9.17) is 0 Å². The Morgan fingerprint density at radius 1 is 1.19 bits per heavy atom. The average molecular weight is 225 g/mol. The van der Waals surface area contributed by atoms with Crippen LogP contribution in [0.5, 0.6) is 0 Å². The van der Waals surface area contributed by atoms with Gasteiger partial charge in [-0.05, 0) is 25.7 Å². The van der Waals surface area contributed by atoms with Gasteiger partial charge >= 0.3 is 0 Å². The molecule has 0 radical (unpaired) electrons. The summed E-state index contributed by atoms with van der Waals surface area (Å²) in [6.07, 6.45) is 9.10. The van der Waals surface area contributed by atoms with Crippen LogP contribution in [0.4, 0.5) is 0 Å². The summed E-state index contributed by atoms with van der Waals surface area (Å²) < 4.78 is 0. The Hall–Kier alpha value is -0.570. The first-order valence-corrected chi connectivity index (χ1v) is 6.64. The molecule has 0 aromatic carbocycles. The number of amides is 1. The van der Waals surface area contributed by atoms with Crippen molar-refractivity contribution in [3.63, 3.8) is 0 Å². The van der Waals surface area contributed by atoms with E-state index in [1.54, 1.807) is 0 Å². The SMILES string of the molecule is O=C(NCC1(CO)CCCCC1)C1CCC1. The summed E-state index contributed by atoms with van der Waals surface area (Å²) in [7, 11) is 0. The van der Waals surface area contributed by atoms with E-state index in [1.807, 2.05) is 0 Å². The van der Waals surface area contributed by atoms with Crippen molar-refractivity contribution in [2.24, 2.45) is 11.3 Å². The molecule has 92 valence electrons. The molecule has 0 aromatic heterocycles. The fourth-order valence-electron chi connectivity index (χ4n) is 2.78. The highest BCUT2D eigenvalue weighted by Crippen LogP contribution is 2.35. The van der Waals surface area contributed by atoms with Crippen molar-refractivity contribution in [2.75, 3.05) is 13.2 Å². The van der Waals surface area contributed by atoms with Gasteiger partial charge in [0.1, 0.15) is 0 Å². The lowest BCUT2D eigenvalue weighted by atomic mass is 9.74. The summed E-state index contributed by atoms with van der Waals surface area (Å²) in [5, 5.41) is 12.6. The number of hydrogen-bond donors (Lipinski definition) is 2. The van der Waals surface area contributed by atoms with Crippen molar-refractivity contribution in [2.45, 2.75) is 51.4 Å². The standard InChI is InChI=1S/C13H23NO2/c15-10-13(7-2-1-3-8-13)9-14-12(16)11-5-4-6-11/h11,15H,1-10H2,(H,14,16). The van der Waals surface area contributed by atoms with Crippen molar-refractivity contribution in [3.8, 4) is 0 Å². The normalized spacial score (nSPS) is 24.8. The van der Waals surface area contributed by atoms with E-state index in [-0.39, 0.29) is 23.8 Å². The second kappa shape index (κ2) is 5.17. The first-order chi connectivity index (χ1) is 7.76. The molecule has 2 aliphatic rings. The van der Waals surface area contributed by atoms with Crippen LogP contribution < -0.4 is 5.32 Å². The Balaban J connectivity index is 1.79. The molecular formula is C13H23NO2. The first kappa shape index (κ1) is 11.9. The predicted octanol–water partition coefficient (Wildman–Crippen LogP) is 1.85. The number of aliphatic hydroxyl groups excluding tert-OH is 1. The van der Waals surface area contributed by atoms with Crippen molar-refractivity contribution in [1.29, 1.82) is 0 Å².